The lowest BCUT2D eigenvalue weighted by atomic mass is 10.0. The van der Waals surface area contributed by atoms with Crippen LogP contribution in [-0.4, -0.2) is 12.6 Å². The summed E-state index contributed by atoms with van der Waals surface area (Å²) in [4.78, 5) is 2.25. The van der Waals surface area contributed by atoms with E-state index in [2.05, 4.69) is 11.0 Å². The number of anilines is 1. The highest BCUT2D eigenvalue weighted by molar-refractivity contribution is 5.59. The molecule has 0 spiro atoms. The molecule has 0 bridgehead atoms. The molecule has 3 heteroatoms. The molecule has 0 aromatic heterocycles. The summed E-state index contributed by atoms with van der Waals surface area (Å²) in [5.41, 5.74) is 2.23. The zero-order chi connectivity index (χ0) is 11.8. The number of benzene rings is 1. The van der Waals surface area contributed by atoms with Crippen molar-refractivity contribution in [2.24, 2.45) is 5.92 Å². The van der Waals surface area contributed by atoms with Gasteiger partial charge in [0.1, 0.15) is 5.82 Å². The third kappa shape index (κ3) is 1.68. The van der Waals surface area contributed by atoms with Gasteiger partial charge < -0.3 is 4.90 Å². The molecule has 0 saturated heterocycles. The molecule has 2 atom stereocenters. The minimum Gasteiger partial charge on any atom is -0.367 e. The Bertz CT molecular complexity index is 478. The van der Waals surface area contributed by atoms with Gasteiger partial charge >= 0.3 is 0 Å². The van der Waals surface area contributed by atoms with Gasteiger partial charge in [-0.3, -0.25) is 0 Å². The standard InChI is InChI=1S/C14H15FN2/c15-12-5-4-10-6-7-17(14(10)8-12)13-3-1-2-11(13)9-16/h4-5,8,11,13H,1-3,6-7H2. The molecule has 0 amide bonds. The van der Waals surface area contributed by atoms with Gasteiger partial charge in [-0.05, 0) is 43.4 Å². The Morgan fingerprint density at radius 1 is 1.35 bits per heavy atom. The van der Waals surface area contributed by atoms with Crippen molar-refractivity contribution in [1.82, 2.24) is 0 Å². The molecule has 88 valence electrons. The van der Waals surface area contributed by atoms with Crippen LogP contribution >= 0.6 is 0 Å². The molecule has 1 saturated carbocycles. The molecule has 3 rings (SSSR count). The minimum atomic E-state index is -0.179. The molecular weight excluding hydrogens is 215 g/mol. The van der Waals surface area contributed by atoms with Crippen LogP contribution in [0.4, 0.5) is 10.1 Å². The topological polar surface area (TPSA) is 27.0 Å². The second kappa shape index (κ2) is 4.03. The summed E-state index contributed by atoms with van der Waals surface area (Å²) in [6.45, 7) is 0.932. The van der Waals surface area contributed by atoms with Gasteiger partial charge in [0, 0.05) is 18.3 Å². The number of hydrogen-bond donors (Lipinski definition) is 0. The maximum absolute atomic E-state index is 13.3. The fourth-order valence-electron chi connectivity index (χ4n) is 3.19. The quantitative estimate of drug-likeness (QED) is 0.741. The highest BCUT2D eigenvalue weighted by Crippen LogP contribution is 2.37. The Balaban J connectivity index is 1.93. The Hall–Kier alpha value is -1.56. The largest absolute Gasteiger partial charge is 0.367 e. The molecule has 17 heavy (non-hydrogen) atoms. The predicted octanol–water partition coefficient (Wildman–Crippen LogP) is 2.88. The fourth-order valence-corrected chi connectivity index (χ4v) is 3.19. The van der Waals surface area contributed by atoms with Crippen LogP contribution in [0.3, 0.4) is 0 Å². The van der Waals surface area contributed by atoms with Crippen molar-refractivity contribution in [2.75, 3.05) is 11.4 Å². The van der Waals surface area contributed by atoms with Crippen LogP contribution in [0.25, 0.3) is 0 Å². The van der Waals surface area contributed by atoms with E-state index in [0.717, 1.165) is 37.9 Å². The van der Waals surface area contributed by atoms with Crippen molar-refractivity contribution in [2.45, 2.75) is 31.7 Å². The molecular formula is C14H15FN2. The Morgan fingerprint density at radius 2 is 2.24 bits per heavy atom. The number of halogens is 1. The van der Waals surface area contributed by atoms with Crippen LogP contribution in [0.2, 0.25) is 0 Å². The first-order valence-corrected chi connectivity index (χ1v) is 6.24. The van der Waals surface area contributed by atoms with E-state index in [0.29, 0.717) is 6.04 Å². The first kappa shape index (κ1) is 10.6. The lowest BCUT2D eigenvalue weighted by molar-refractivity contribution is 0.543. The summed E-state index contributed by atoms with van der Waals surface area (Å²) in [5.74, 6) is -0.0635. The maximum Gasteiger partial charge on any atom is 0.125 e. The van der Waals surface area contributed by atoms with Crippen LogP contribution in [0.1, 0.15) is 24.8 Å². The van der Waals surface area contributed by atoms with Crippen LogP contribution in [0.5, 0.6) is 0 Å². The number of nitrogens with zero attached hydrogens (tertiary/aromatic N) is 2. The summed E-state index contributed by atoms with van der Waals surface area (Å²) in [5, 5.41) is 9.15. The Labute approximate surface area is 101 Å². The molecule has 1 aromatic rings. The fraction of sp³-hybridized carbons (Fsp3) is 0.500. The molecule has 0 N–H and O–H groups in total. The van der Waals surface area contributed by atoms with Gasteiger partial charge in [0.2, 0.25) is 0 Å². The summed E-state index contributed by atoms with van der Waals surface area (Å²) >= 11 is 0. The Morgan fingerprint density at radius 3 is 3.06 bits per heavy atom. The van der Waals surface area contributed by atoms with Gasteiger partial charge in [0.25, 0.3) is 0 Å². The molecule has 2 aliphatic rings. The minimum absolute atomic E-state index is 0.115. The summed E-state index contributed by atoms with van der Waals surface area (Å²) in [7, 11) is 0. The third-order valence-corrected chi connectivity index (χ3v) is 4.02. The SMILES string of the molecule is N#CC1CCCC1N1CCc2ccc(F)cc21. The number of hydrogen-bond acceptors (Lipinski definition) is 2. The summed E-state index contributed by atoms with van der Waals surface area (Å²) in [6.07, 6.45) is 4.14. The second-order valence-corrected chi connectivity index (χ2v) is 4.95. The first-order valence-electron chi connectivity index (χ1n) is 6.24. The van der Waals surface area contributed by atoms with Crippen molar-refractivity contribution in [3.8, 4) is 6.07 Å². The van der Waals surface area contributed by atoms with Crippen LogP contribution in [-0.2, 0) is 6.42 Å². The summed E-state index contributed by atoms with van der Waals surface area (Å²) in [6, 6.07) is 7.72. The number of fused-ring (bicyclic) bond motifs is 1. The molecule has 0 radical (unpaired) electrons. The number of nitriles is 1. The molecule has 2 nitrogen and oxygen atoms in total. The molecule has 2 unspecified atom stereocenters. The van der Waals surface area contributed by atoms with Gasteiger partial charge in [0.15, 0.2) is 0 Å². The normalized spacial score (nSPS) is 26.9. The Kier molecular flexibility index (Phi) is 2.51. The second-order valence-electron chi connectivity index (χ2n) is 4.95. The van der Waals surface area contributed by atoms with E-state index in [1.807, 2.05) is 6.07 Å². The van der Waals surface area contributed by atoms with E-state index >= 15 is 0 Å². The first-order chi connectivity index (χ1) is 8.29. The lowest BCUT2D eigenvalue weighted by Crippen LogP contribution is -2.36. The van der Waals surface area contributed by atoms with Crippen molar-refractivity contribution < 1.29 is 4.39 Å². The van der Waals surface area contributed by atoms with E-state index < -0.39 is 0 Å². The lowest BCUT2D eigenvalue weighted by Gasteiger charge is -2.29. The average molecular weight is 230 g/mol. The number of rotatable bonds is 1. The van der Waals surface area contributed by atoms with E-state index in [1.165, 1.54) is 11.6 Å². The third-order valence-electron chi connectivity index (χ3n) is 4.02. The zero-order valence-electron chi connectivity index (χ0n) is 9.69. The van der Waals surface area contributed by atoms with Gasteiger partial charge in [-0.15, -0.1) is 0 Å². The molecule has 1 aromatic carbocycles. The molecule has 1 fully saturated rings. The van der Waals surface area contributed by atoms with E-state index in [9.17, 15) is 4.39 Å². The van der Waals surface area contributed by atoms with Gasteiger partial charge in [-0.2, -0.15) is 5.26 Å². The van der Waals surface area contributed by atoms with E-state index in [1.54, 1.807) is 6.07 Å². The monoisotopic (exact) mass is 230 g/mol. The average Bonchev–Trinajstić information content (AvgIpc) is 2.93. The van der Waals surface area contributed by atoms with Crippen molar-refractivity contribution in [3.63, 3.8) is 0 Å². The van der Waals surface area contributed by atoms with E-state index in [-0.39, 0.29) is 11.7 Å². The highest BCUT2D eigenvalue weighted by atomic mass is 19.1. The van der Waals surface area contributed by atoms with Crippen LogP contribution in [0.15, 0.2) is 18.2 Å². The van der Waals surface area contributed by atoms with Gasteiger partial charge in [-0.25, -0.2) is 4.39 Å². The molecule has 1 aliphatic heterocycles. The van der Waals surface area contributed by atoms with Crippen molar-refractivity contribution in [1.29, 1.82) is 5.26 Å². The predicted molar refractivity (Wildman–Crippen MR) is 64.2 cm³/mol. The highest BCUT2D eigenvalue weighted by Gasteiger charge is 2.35. The molecule has 1 aliphatic carbocycles. The van der Waals surface area contributed by atoms with Gasteiger partial charge in [0.05, 0.1) is 12.0 Å². The summed E-state index contributed by atoms with van der Waals surface area (Å²) < 4.78 is 13.3. The molecule has 1 heterocycles. The van der Waals surface area contributed by atoms with Crippen molar-refractivity contribution in [3.05, 3.63) is 29.6 Å². The smallest absolute Gasteiger partial charge is 0.125 e. The van der Waals surface area contributed by atoms with E-state index in [4.69, 9.17) is 5.26 Å². The van der Waals surface area contributed by atoms with Crippen LogP contribution < -0.4 is 4.90 Å². The zero-order valence-corrected chi connectivity index (χ0v) is 9.69. The van der Waals surface area contributed by atoms with Crippen molar-refractivity contribution >= 4 is 5.69 Å². The van der Waals surface area contributed by atoms with Crippen LogP contribution in [0, 0.1) is 23.1 Å². The van der Waals surface area contributed by atoms with Gasteiger partial charge in [-0.1, -0.05) is 6.07 Å². The maximum atomic E-state index is 13.3.